The van der Waals surface area contributed by atoms with Crippen molar-refractivity contribution in [2.45, 2.75) is 116 Å². The van der Waals surface area contributed by atoms with Gasteiger partial charge in [-0.3, -0.25) is 0 Å². The van der Waals surface area contributed by atoms with Crippen molar-refractivity contribution in [2.75, 3.05) is 0 Å². The highest BCUT2D eigenvalue weighted by Crippen LogP contribution is 2.61. The number of rotatable bonds is 2. The van der Waals surface area contributed by atoms with Crippen molar-refractivity contribution in [3.05, 3.63) is 316 Å². The number of benzene rings is 16. The van der Waals surface area contributed by atoms with E-state index in [0.29, 0.717) is 0 Å². The van der Waals surface area contributed by atoms with Gasteiger partial charge < -0.3 is 9.31 Å². The summed E-state index contributed by atoms with van der Waals surface area (Å²) in [4.78, 5) is 0. The molecule has 1 saturated heterocycles. The lowest BCUT2D eigenvalue weighted by Crippen LogP contribution is -2.41. The first-order valence-electron chi connectivity index (χ1n) is 36.4. The highest BCUT2D eigenvalue weighted by Gasteiger charge is 2.53. The summed E-state index contributed by atoms with van der Waals surface area (Å²) in [6.07, 6.45) is 0. The zero-order valence-corrected chi connectivity index (χ0v) is 61.8. The maximum atomic E-state index is 6.51. The van der Waals surface area contributed by atoms with E-state index < -0.39 is 0 Å². The minimum atomic E-state index is -0.383. The Morgan fingerprint density at radius 3 is 0.794 bits per heavy atom. The van der Waals surface area contributed by atoms with E-state index >= 15 is 0 Å². The van der Waals surface area contributed by atoms with Crippen LogP contribution in [0.2, 0.25) is 0 Å². The summed E-state index contributed by atoms with van der Waals surface area (Å²) < 4.78 is 14.2. The zero-order chi connectivity index (χ0) is 69.9. The van der Waals surface area contributed by atoms with Gasteiger partial charge in [0, 0.05) is 26.1 Å². The third kappa shape index (κ3) is 8.79. The molecule has 0 spiro atoms. The SMILES string of the molecule is CC1(C)c2ccc3ccccc3c2-c2c1cc(-c1cc3c(c4ccccc14)-c1c(ccc4ccccc14)C3(C)C)c1ccccc21.CC1(C)c2ccc3ccccc3c2-c2c1cc(B1OC(C)(C)C(C)(C)O1)c1ccccc21.CC1(C)c2ccc3ccccc3c2-c2c1cc(Br)c1ccccc21. The summed E-state index contributed by atoms with van der Waals surface area (Å²) >= 11 is 3.80. The maximum absolute atomic E-state index is 6.51. The predicted molar refractivity (Wildman–Crippen MR) is 438 cm³/mol. The topological polar surface area (TPSA) is 18.5 Å². The lowest BCUT2D eigenvalue weighted by atomic mass is 9.72. The molecular formula is C98H80BBrO2. The molecule has 0 unspecified atom stereocenters. The molecule has 0 atom stereocenters. The molecule has 0 bridgehead atoms. The van der Waals surface area contributed by atoms with Crippen molar-refractivity contribution in [1.29, 1.82) is 0 Å². The van der Waals surface area contributed by atoms with Crippen molar-refractivity contribution in [1.82, 2.24) is 0 Å². The van der Waals surface area contributed by atoms with Crippen LogP contribution in [0.15, 0.2) is 271 Å². The van der Waals surface area contributed by atoms with Gasteiger partial charge in [0.15, 0.2) is 0 Å². The second-order valence-electron chi connectivity index (χ2n) is 32.5. The van der Waals surface area contributed by atoms with Crippen LogP contribution in [0.5, 0.6) is 0 Å². The first-order valence-corrected chi connectivity index (χ1v) is 37.2. The van der Waals surface area contributed by atoms with Crippen LogP contribution in [0.4, 0.5) is 0 Å². The van der Waals surface area contributed by atoms with E-state index in [-0.39, 0.29) is 40.0 Å². The highest BCUT2D eigenvalue weighted by atomic mass is 79.9. The summed E-state index contributed by atoms with van der Waals surface area (Å²) in [6, 6.07) is 99.3. The van der Waals surface area contributed by atoms with Gasteiger partial charge in [-0.15, -0.1) is 0 Å². The Balaban J connectivity index is 0.000000112. The number of halogens is 1. The summed E-state index contributed by atoms with van der Waals surface area (Å²) in [5.74, 6) is 0. The molecule has 1 heterocycles. The summed E-state index contributed by atoms with van der Waals surface area (Å²) in [5.41, 5.74) is 25.2. The number of fused-ring (bicyclic) bond motifs is 28. The molecule has 21 rings (SSSR count). The molecule has 102 heavy (non-hydrogen) atoms. The summed E-state index contributed by atoms with van der Waals surface area (Å²) in [6.45, 7) is 27.5. The summed E-state index contributed by atoms with van der Waals surface area (Å²) in [7, 11) is -0.383. The molecular weight excluding hydrogens is 1300 g/mol. The van der Waals surface area contributed by atoms with E-state index in [4.69, 9.17) is 9.31 Å². The average molecular weight is 1380 g/mol. The van der Waals surface area contributed by atoms with Gasteiger partial charge >= 0.3 is 7.12 Å². The molecule has 5 aliphatic rings. The zero-order valence-electron chi connectivity index (χ0n) is 60.2. The largest absolute Gasteiger partial charge is 0.495 e. The Morgan fingerprint density at radius 1 is 0.225 bits per heavy atom. The predicted octanol–water partition coefficient (Wildman–Crippen LogP) is 26.2. The van der Waals surface area contributed by atoms with E-state index in [9.17, 15) is 0 Å². The second-order valence-corrected chi connectivity index (χ2v) is 33.3. The van der Waals surface area contributed by atoms with Gasteiger partial charge in [0.2, 0.25) is 0 Å². The molecule has 2 nitrogen and oxygen atoms in total. The molecule has 16 aromatic carbocycles. The minimum Gasteiger partial charge on any atom is -0.399 e. The molecule has 0 radical (unpaired) electrons. The Hall–Kier alpha value is -9.94. The van der Waals surface area contributed by atoms with Gasteiger partial charge in [0.25, 0.3) is 0 Å². The maximum Gasteiger partial charge on any atom is 0.495 e. The van der Waals surface area contributed by atoms with Crippen LogP contribution in [-0.4, -0.2) is 18.3 Å². The van der Waals surface area contributed by atoms with Crippen molar-refractivity contribution in [3.8, 4) is 55.6 Å². The lowest BCUT2D eigenvalue weighted by Gasteiger charge is -2.32. The molecule has 4 aliphatic carbocycles. The van der Waals surface area contributed by atoms with Crippen LogP contribution >= 0.6 is 15.9 Å². The van der Waals surface area contributed by atoms with Crippen LogP contribution in [0.3, 0.4) is 0 Å². The number of hydrogen-bond donors (Lipinski definition) is 0. The Labute approximate surface area is 607 Å². The lowest BCUT2D eigenvalue weighted by molar-refractivity contribution is 0.00578. The third-order valence-electron chi connectivity index (χ3n) is 25.1. The van der Waals surface area contributed by atoms with Crippen molar-refractivity contribution < 1.29 is 9.31 Å². The Bertz CT molecular complexity index is 6160. The van der Waals surface area contributed by atoms with Gasteiger partial charge in [-0.25, -0.2) is 0 Å². The molecule has 1 aliphatic heterocycles. The van der Waals surface area contributed by atoms with Crippen LogP contribution in [0, 0.1) is 0 Å². The van der Waals surface area contributed by atoms with Crippen LogP contribution in [0.1, 0.15) is 128 Å². The van der Waals surface area contributed by atoms with Crippen LogP contribution in [0.25, 0.3) is 142 Å². The fraction of sp³-hybridized carbons (Fsp3) is 0.184. The molecule has 16 aromatic rings. The van der Waals surface area contributed by atoms with E-state index in [1.54, 1.807) is 0 Å². The molecule has 0 amide bonds. The third-order valence-corrected chi connectivity index (χ3v) is 25.7. The van der Waals surface area contributed by atoms with Crippen molar-refractivity contribution in [3.63, 3.8) is 0 Å². The van der Waals surface area contributed by atoms with Crippen LogP contribution < -0.4 is 5.46 Å². The normalized spacial score (nSPS) is 16.7. The van der Waals surface area contributed by atoms with Crippen LogP contribution in [-0.2, 0) is 31.0 Å². The van der Waals surface area contributed by atoms with Gasteiger partial charge in [-0.2, -0.15) is 0 Å². The van der Waals surface area contributed by atoms with E-state index in [2.05, 4.69) is 366 Å². The molecule has 1 fully saturated rings. The standard InChI is InChI=1S/C46H34.C29H29BO2.C23H17Br/c1-45(2)37-23-21-27-13-5-7-15-29(27)41(37)43-33-19-11-9-17-31(33)35(25-39(43)45)36-26-40-44(34-20-12-10-18-32(34)36)42-30-16-8-6-14-28(30)22-24-38(42)46(40,3)4;1-27(2)22-16-15-18-11-7-8-12-19(18)25(22)26-21-14-10-9-13-20(21)24(17-23(26)27)30-31-28(3,4)29(5,6)32-30;1-23(2)18-12-11-14-7-3-4-8-15(14)21(18)22-17-10-6-5-9-16(17)20(24)13-19(22)23/h5-26H,1-4H3;7-17H,1-6H3;3-13H,1-2H3. The number of hydrogen-bond acceptors (Lipinski definition) is 2. The van der Waals surface area contributed by atoms with E-state index in [1.165, 1.54) is 191 Å². The Kier molecular flexibility index (Phi) is 13.6. The fourth-order valence-electron chi connectivity index (χ4n) is 19.0. The average Bonchev–Trinajstić information content (AvgIpc) is 1.53. The first kappa shape index (κ1) is 63.0. The van der Waals surface area contributed by atoms with Gasteiger partial charge in [0.05, 0.1) is 11.2 Å². The second kappa shape index (κ2) is 22.0. The molecule has 494 valence electrons. The monoisotopic (exact) mass is 1380 g/mol. The van der Waals surface area contributed by atoms with E-state index in [0.717, 1.165) is 5.46 Å². The van der Waals surface area contributed by atoms with Gasteiger partial charge in [0.1, 0.15) is 0 Å². The molecule has 0 N–H and O–H groups in total. The first-order chi connectivity index (χ1) is 49.1. The summed E-state index contributed by atoms with van der Waals surface area (Å²) in [5, 5.41) is 21.0. The smallest absolute Gasteiger partial charge is 0.399 e. The molecule has 0 saturated carbocycles. The highest BCUT2D eigenvalue weighted by molar-refractivity contribution is 9.10. The molecule has 0 aromatic heterocycles. The van der Waals surface area contributed by atoms with Crippen molar-refractivity contribution >= 4 is 115 Å². The molecule has 4 heteroatoms. The van der Waals surface area contributed by atoms with Crippen molar-refractivity contribution in [2.24, 2.45) is 0 Å². The fourth-order valence-corrected chi connectivity index (χ4v) is 19.5. The van der Waals surface area contributed by atoms with E-state index in [1.807, 2.05) is 0 Å². The quantitative estimate of drug-likeness (QED) is 0.161. The van der Waals surface area contributed by atoms with Gasteiger partial charge in [-0.1, -0.05) is 320 Å². The Morgan fingerprint density at radius 2 is 0.461 bits per heavy atom. The van der Waals surface area contributed by atoms with Gasteiger partial charge in [-0.05, 0) is 238 Å². The minimum absolute atomic E-state index is 0.0151.